The molecule has 2 rings (SSSR count). The molecule has 0 saturated heterocycles. The molecule has 0 spiro atoms. The summed E-state index contributed by atoms with van der Waals surface area (Å²) in [6, 6.07) is 5.87. The quantitative estimate of drug-likeness (QED) is 0.721. The van der Waals surface area contributed by atoms with Crippen LogP contribution >= 0.6 is 0 Å². The summed E-state index contributed by atoms with van der Waals surface area (Å²) in [5.41, 5.74) is -1.20. The lowest BCUT2D eigenvalue weighted by Gasteiger charge is -1.89. The predicted molar refractivity (Wildman–Crippen MR) is 54.1 cm³/mol. The van der Waals surface area contributed by atoms with E-state index in [-0.39, 0.29) is 11.4 Å². The van der Waals surface area contributed by atoms with Crippen LogP contribution in [0.5, 0.6) is 0 Å². The number of hydrogen-bond donors (Lipinski definition) is 0. The van der Waals surface area contributed by atoms with Crippen molar-refractivity contribution in [3.63, 3.8) is 0 Å². The van der Waals surface area contributed by atoms with Gasteiger partial charge in [-0.25, -0.2) is 9.59 Å². The molecule has 2 heterocycles. The van der Waals surface area contributed by atoms with E-state index in [0.717, 1.165) is 0 Å². The summed E-state index contributed by atoms with van der Waals surface area (Å²) in [4.78, 5) is 22.2. The van der Waals surface area contributed by atoms with Gasteiger partial charge >= 0.3 is 11.3 Å². The minimum atomic E-state index is -0.619. The molecule has 0 atom stereocenters. The molecule has 2 aromatic rings. The van der Waals surface area contributed by atoms with Crippen LogP contribution in [0.1, 0.15) is 0 Å². The molecule has 0 saturated carbocycles. The summed E-state index contributed by atoms with van der Waals surface area (Å²) < 4.78 is 9.13. The van der Waals surface area contributed by atoms with Gasteiger partial charge in [0.25, 0.3) is 0 Å². The van der Waals surface area contributed by atoms with Crippen LogP contribution in [0.15, 0.2) is 65.4 Å². The Bertz CT molecular complexity index is 571. The second-order valence-corrected chi connectivity index (χ2v) is 2.77. The summed E-state index contributed by atoms with van der Waals surface area (Å²) >= 11 is 0. The first kappa shape index (κ1) is 10.0. The van der Waals surface area contributed by atoms with Gasteiger partial charge in [0.2, 0.25) is 0 Å². The molecule has 0 aliphatic rings. The molecule has 0 amide bonds. The smallest absolute Gasteiger partial charge is 0.363 e. The Morgan fingerprint density at radius 3 is 1.62 bits per heavy atom. The number of hydrogen-bond acceptors (Lipinski definition) is 6. The zero-order chi connectivity index (χ0) is 11.4. The average Bonchev–Trinajstić information content (AvgIpc) is 2.30. The highest BCUT2D eigenvalue weighted by Gasteiger charge is 1.99. The predicted octanol–water partition coefficient (Wildman–Crippen LogP) is 2.01. The molecule has 2 aromatic heterocycles. The second-order valence-electron chi connectivity index (χ2n) is 2.77. The standard InChI is InChI=1S/C10H6N2O4/c13-9-7(3-1-5-15-9)11-12-8-4-2-6-16-10(8)14/h1-6H. The van der Waals surface area contributed by atoms with E-state index in [1.165, 1.54) is 36.8 Å². The fourth-order valence-corrected chi connectivity index (χ4v) is 0.976. The van der Waals surface area contributed by atoms with Crippen molar-refractivity contribution in [3.8, 4) is 0 Å². The van der Waals surface area contributed by atoms with Crippen molar-refractivity contribution in [3.05, 3.63) is 57.6 Å². The van der Waals surface area contributed by atoms with Crippen molar-refractivity contribution >= 4 is 11.4 Å². The average molecular weight is 218 g/mol. The van der Waals surface area contributed by atoms with Crippen molar-refractivity contribution in [1.29, 1.82) is 0 Å². The van der Waals surface area contributed by atoms with Crippen LogP contribution in [-0.4, -0.2) is 0 Å². The van der Waals surface area contributed by atoms with Crippen LogP contribution in [0.4, 0.5) is 11.4 Å². The molecular formula is C10H6N2O4. The van der Waals surface area contributed by atoms with Gasteiger partial charge in [-0.15, -0.1) is 10.2 Å². The first-order chi connectivity index (χ1) is 7.77. The molecule has 0 N–H and O–H groups in total. The molecule has 0 radical (unpaired) electrons. The molecule has 6 heteroatoms. The van der Waals surface area contributed by atoms with Crippen molar-refractivity contribution in [2.45, 2.75) is 0 Å². The van der Waals surface area contributed by atoms with Gasteiger partial charge in [-0.1, -0.05) is 0 Å². The van der Waals surface area contributed by atoms with Gasteiger partial charge in [-0.05, 0) is 24.3 Å². The van der Waals surface area contributed by atoms with Gasteiger partial charge in [-0.2, -0.15) is 0 Å². The van der Waals surface area contributed by atoms with Crippen LogP contribution in [-0.2, 0) is 0 Å². The fourth-order valence-electron chi connectivity index (χ4n) is 0.976. The highest BCUT2D eigenvalue weighted by Crippen LogP contribution is 2.10. The molecule has 80 valence electrons. The van der Waals surface area contributed by atoms with Crippen molar-refractivity contribution in [1.82, 2.24) is 0 Å². The molecule has 0 aliphatic carbocycles. The van der Waals surface area contributed by atoms with Gasteiger partial charge in [0.05, 0.1) is 12.5 Å². The molecule has 6 nitrogen and oxygen atoms in total. The Labute approximate surface area is 88.9 Å². The highest BCUT2D eigenvalue weighted by atomic mass is 16.4. The van der Waals surface area contributed by atoms with E-state index >= 15 is 0 Å². The number of azo groups is 1. The van der Waals surface area contributed by atoms with Crippen LogP contribution in [0.2, 0.25) is 0 Å². The van der Waals surface area contributed by atoms with E-state index in [4.69, 9.17) is 0 Å². The Morgan fingerprint density at radius 2 is 1.25 bits per heavy atom. The molecule has 16 heavy (non-hydrogen) atoms. The lowest BCUT2D eigenvalue weighted by Crippen LogP contribution is -1.96. The lowest BCUT2D eigenvalue weighted by atomic mass is 10.4. The number of nitrogens with zero attached hydrogens (tertiary/aromatic N) is 2. The third kappa shape index (κ3) is 2.11. The minimum absolute atomic E-state index is 0.0192. The molecule has 0 fully saturated rings. The second kappa shape index (κ2) is 4.35. The Kier molecular flexibility index (Phi) is 2.73. The topological polar surface area (TPSA) is 85.1 Å². The molecule has 0 aliphatic heterocycles. The van der Waals surface area contributed by atoms with Crippen molar-refractivity contribution in [2.24, 2.45) is 10.2 Å². The lowest BCUT2D eigenvalue weighted by molar-refractivity contribution is 0.509. The minimum Gasteiger partial charge on any atom is -0.430 e. The van der Waals surface area contributed by atoms with Gasteiger partial charge in [0.15, 0.2) is 11.4 Å². The van der Waals surface area contributed by atoms with Gasteiger partial charge in [0, 0.05) is 0 Å². The highest BCUT2D eigenvalue weighted by molar-refractivity contribution is 5.34. The Hall–Kier alpha value is -2.50. The maximum absolute atomic E-state index is 11.1. The van der Waals surface area contributed by atoms with Crippen molar-refractivity contribution in [2.75, 3.05) is 0 Å². The van der Waals surface area contributed by atoms with Gasteiger partial charge < -0.3 is 8.83 Å². The van der Waals surface area contributed by atoms with Crippen LogP contribution in [0, 0.1) is 0 Å². The molecular weight excluding hydrogens is 212 g/mol. The fraction of sp³-hybridized carbons (Fsp3) is 0. The van der Waals surface area contributed by atoms with Crippen molar-refractivity contribution < 1.29 is 8.83 Å². The van der Waals surface area contributed by atoms with E-state index in [9.17, 15) is 9.59 Å². The van der Waals surface area contributed by atoms with Gasteiger partial charge in [0.1, 0.15) is 0 Å². The third-order valence-corrected chi connectivity index (χ3v) is 1.70. The first-order valence-corrected chi connectivity index (χ1v) is 4.35. The summed E-state index contributed by atoms with van der Waals surface area (Å²) in [6.07, 6.45) is 2.47. The van der Waals surface area contributed by atoms with Crippen LogP contribution in [0.25, 0.3) is 0 Å². The van der Waals surface area contributed by atoms with Crippen LogP contribution in [0.3, 0.4) is 0 Å². The third-order valence-electron chi connectivity index (χ3n) is 1.70. The SMILES string of the molecule is O=c1occcc1N=Nc1cccoc1=O. The van der Waals surface area contributed by atoms with E-state index in [1.807, 2.05) is 0 Å². The summed E-state index contributed by atoms with van der Waals surface area (Å²) in [7, 11) is 0. The monoisotopic (exact) mass is 218 g/mol. The van der Waals surface area contributed by atoms with Gasteiger partial charge in [-0.3, -0.25) is 0 Å². The number of rotatable bonds is 2. The maximum atomic E-state index is 11.1. The molecule has 0 aromatic carbocycles. The van der Waals surface area contributed by atoms with E-state index in [0.29, 0.717) is 0 Å². The first-order valence-electron chi connectivity index (χ1n) is 4.35. The zero-order valence-corrected chi connectivity index (χ0v) is 7.99. The summed E-state index contributed by atoms with van der Waals surface area (Å²) in [5, 5.41) is 7.19. The molecule has 0 unspecified atom stereocenters. The Balaban J connectivity index is 2.36. The van der Waals surface area contributed by atoms with E-state index < -0.39 is 11.3 Å². The molecule has 0 bridgehead atoms. The zero-order valence-electron chi connectivity index (χ0n) is 7.99. The Morgan fingerprint density at radius 1 is 0.812 bits per heavy atom. The summed E-state index contributed by atoms with van der Waals surface area (Å²) in [5.74, 6) is 0. The van der Waals surface area contributed by atoms with E-state index in [1.54, 1.807) is 0 Å². The summed E-state index contributed by atoms with van der Waals surface area (Å²) in [6.45, 7) is 0. The normalized spacial score (nSPS) is 10.8. The van der Waals surface area contributed by atoms with Crippen LogP contribution < -0.4 is 11.3 Å². The largest absolute Gasteiger partial charge is 0.430 e. The van der Waals surface area contributed by atoms with E-state index in [2.05, 4.69) is 19.1 Å². The maximum Gasteiger partial charge on any atom is 0.363 e.